The van der Waals surface area contributed by atoms with Gasteiger partial charge in [-0.1, -0.05) is 23.9 Å². The van der Waals surface area contributed by atoms with Crippen LogP contribution in [0.25, 0.3) is 0 Å². The molecule has 0 unspecified atom stereocenters. The average molecular weight is 180 g/mol. The van der Waals surface area contributed by atoms with Gasteiger partial charge in [0.2, 0.25) is 0 Å². The zero-order chi connectivity index (χ0) is 7.07. The third-order valence-corrected chi connectivity index (χ3v) is 2.34. The minimum atomic E-state index is 1.10. The highest BCUT2D eigenvalue weighted by atomic mass is 32.2. The van der Waals surface area contributed by atoms with Crippen LogP contribution in [0.3, 0.4) is 0 Å². The average Bonchev–Trinajstić information content (AvgIpc) is 2.67. The molecule has 0 atom stereocenters. The van der Waals surface area contributed by atoms with Crippen LogP contribution in [0, 0.1) is 0 Å². The van der Waals surface area contributed by atoms with Gasteiger partial charge in [-0.25, -0.2) is 20.5 Å². The van der Waals surface area contributed by atoms with Crippen LogP contribution in [0.5, 0.6) is 0 Å². The molecular formula is C4H12N4S2. The molecule has 0 radical (unpaired) electrons. The van der Waals surface area contributed by atoms with Crippen LogP contribution in [-0.4, -0.2) is 24.6 Å². The largest absolute Gasteiger partial charge is 0.247 e. The molecule has 2 saturated heterocycles. The number of hydrogen-bond donors (Lipinski definition) is 4. The quantitative estimate of drug-likeness (QED) is 0.377. The molecule has 0 amide bonds. The van der Waals surface area contributed by atoms with Gasteiger partial charge in [0.1, 0.15) is 0 Å². The second-order valence-electron chi connectivity index (χ2n) is 1.75. The van der Waals surface area contributed by atoms with Crippen molar-refractivity contribution < 1.29 is 0 Å². The lowest BCUT2D eigenvalue weighted by Crippen LogP contribution is -2.16. The van der Waals surface area contributed by atoms with E-state index in [4.69, 9.17) is 0 Å². The fourth-order valence-electron chi connectivity index (χ4n) is 0.510. The topological polar surface area (TPSA) is 48.1 Å². The fourth-order valence-corrected chi connectivity index (χ4v) is 1.53. The fraction of sp³-hybridized carbons (Fsp3) is 1.00. The van der Waals surface area contributed by atoms with Crippen molar-refractivity contribution in [1.82, 2.24) is 20.5 Å². The molecule has 2 aliphatic rings. The Balaban J connectivity index is 0.0000001000. The summed E-state index contributed by atoms with van der Waals surface area (Å²) in [5, 5.41) is 0. The molecule has 4 N–H and O–H groups in total. The van der Waals surface area contributed by atoms with Crippen LogP contribution in [0.15, 0.2) is 0 Å². The first-order valence-corrected chi connectivity index (χ1v) is 5.16. The summed E-state index contributed by atoms with van der Waals surface area (Å²) in [5.74, 6) is 2.39. The van der Waals surface area contributed by atoms with Crippen molar-refractivity contribution in [3.8, 4) is 0 Å². The van der Waals surface area contributed by atoms with Gasteiger partial charge in [0.05, 0.1) is 0 Å². The number of hydrazine groups is 2. The van der Waals surface area contributed by atoms with Gasteiger partial charge in [0, 0.05) is 24.6 Å². The highest BCUT2D eigenvalue weighted by Gasteiger charge is 1.92. The second-order valence-corrected chi connectivity index (χ2v) is 3.56. The summed E-state index contributed by atoms with van der Waals surface area (Å²) in [7, 11) is 0. The summed E-state index contributed by atoms with van der Waals surface area (Å²) in [4.78, 5) is 5.78. The Kier molecular flexibility index (Phi) is 5.41. The van der Waals surface area contributed by atoms with Crippen molar-refractivity contribution in [3.63, 3.8) is 0 Å². The molecule has 2 rings (SSSR count). The van der Waals surface area contributed by atoms with E-state index >= 15 is 0 Å². The Morgan fingerprint density at radius 3 is 1.40 bits per heavy atom. The summed E-state index contributed by atoms with van der Waals surface area (Å²) in [5.41, 5.74) is 5.87. The summed E-state index contributed by atoms with van der Waals surface area (Å²) in [6.07, 6.45) is 0. The predicted octanol–water partition coefficient (Wildman–Crippen LogP) is -0.515. The molecule has 60 valence electrons. The highest BCUT2D eigenvalue weighted by molar-refractivity contribution is 7.97. The van der Waals surface area contributed by atoms with E-state index in [1.807, 2.05) is 0 Å². The van der Waals surface area contributed by atoms with Gasteiger partial charge in [-0.3, -0.25) is 0 Å². The van der Waals surface area contributed by atoms with Crippen LogP contribution in [-0.2, 0) is 0 Å². The van der Waals surface area contributed by atoms with Crippen LogP contribution in [0.2, 0.25) is 0 Å². The van der Waals surface area contributed by atoms with Crippen LogP contribution in [0.4, 0.5) is 0 Å². The monoisotopic (exact) mass is 180 g/mol. The molecule has 2 aliphatic heterocycles. The molecule has 0 aromatic carbocycles. The number of nitrogens with one attached hydrogen (secondary N) is 4. The van der Waals surface area contributed by atoms with Gasteiger partial charge in [0.25, 0.3) is 0 Å². The molecular weight excluding hydrogens is 168 g/mol. The molecule has 0 saturated carbocycles. The van der Waals surface area contributed by atoms with Crippen molar-refractivity contribution in [2.45, 2.75) is 0 Å². The number of hydrogen-bond acceptors (Lipinski definition) is 6. The number of rotatable bonds is 0. The SMILES string of the molecule is C1CSNN1.C1CSNN1. The van der Waals surface area contributed by atoms with E-state index in [1.165, 1.54) is 11.5 Å². The molecule has 0 aliphatic carbocycles. The molecule has 10 heavy (non-hydrogen) atoms. The zero-order valence-corrected chi connectivity index (χ0v) is 7.28. The van der Waals surface area contributed by atoms with Gasteiger partial charge in [-0.15, -0.1) is 0 Å². The first-order valence-electron chi connectivity index (χ1n) is 3.19. The Hall–Kier alpha value is 0.540. The van der Waals surface area contributed by atoms with Gasteiger partial charge >= 0.3 is 0 Å². The van der Waals surface area contributed by atoms with E-state index in [9.17, 15) is 0 Å². The Labute approximate surface area is 69.5 Å². The van der Waals surface area contributed by atoms with Crippen LogP contribution < -0.4 is 20.5 Å². The summed E-state index contributed by atoms with van der Waals surface area (Å²) in [6, 6.07) is 0. The maximum atomic E-state index is 2.94. The molecule has 0 spiro atoms. The molecule has 0 aromatic heterocycles. The maximum Gasteiger partial charge on any atom is 0.0231 e. The van der Waals surface area contributed by atoms with Gasteiger partial charge in [-0.2, -0.15) is 0 Å². The van der Waals surface area contributed by atoms with Gasteiger partial charge in [-0.05, 0) is 0 Å². The van der Waals surface area contributed by atoms with Crippen molar-refractivity contribution in [3.05, 3.63) is 0 Å². The lowest BCUT2D eigenvalue weighted by atomic mass is 10.8. The lowest BCUT2D eigenvalue weighted by molar-refractivity contribution is 0.765. The first kappa shape index (κ1) is 8.63. The van der Waals surface area contributed by atoms with E-state index in [1.54, 1.807) is 23.9 Å². The minimum Gasteiger partial charge on any atom is -0.247 e. The summed E-state index contributed by atoms with van der Waals surface area (Å²) >= 11 is 3.43. The summed E-state index contributed by atoms with van der Waals surface area (Å²) < 4.78 is 0. The normalized spacial score (nSPS) is 24.0. The Bertz CT molecular complexity index is 48.4. The molecule has 0 bridgehead atoms. The van der Waals surface area contributed by atoms with Crippen molar-refractivity contribution >= 4 is 23.9 Å². The molecule has 6 heteroatoms. The van der Waals surface area contributed by atoms with E-state index < -0.39 is 0 Å². The lowest BCUT2D eigenvalue weighted by Gasteiger charge is -1.79. The Morgan fingerprint density at radius 2 is 1.30 bits per heavy atom. The van der Waals surface area contributed by atoms with E-state index in [0.717, 1.165) is 13.1 Å². The van der Waals surface area contributed by atoms with Gasteiger partial charge in [0.15, 0.2) is 0 Å². The molecule has 2 fully saturated rings. The van der Waals surface area contributed by atoms with Crippen molar-refractivity contribution in [1.29, 1.82) is 0 Å². The van der Waals surface area contributed by atoms with Crippen LogP contribution >= 0.6 is 23.9 Å². The highest BCUT2D eigenvalue weighted by Crippen LogP contribution is 1.92. The standard InChI is InChI=1S/2C2H6N2S/c2*1-2-5-4-3-1/h2*3-4H,1-2H2. The smallest absolute Gasteiger partial charge is 0.0231 e. The molecule has 0 aromatic rings. The second kappa shape index (κ2) is 6.26. The van der Waals surface area contributed by atoms with E-state index in [2.05, 4.69) is 20.5 Å². The maximum absolute atomic E-state index is 2.94. The van der Waals surface area contributed by atoms with Crippen LogP contribution in [0.1, 0.15) is 0 Å². The third kappa shape index (κ3) is 4.37. The van der Waals surface area contributed by atoms with E-state index in [-0.39, 0.29) is 0 Å². The van der Waals surface area contributed by atoms with E-state index in [0.29, 0.717) is 0 Å². The third-order valence-electron chi connectivity index (χ3n) is 0.947. The minimum absolute atomic E-state index is 1.10. The first-order chi connectivity index (χ1) is 5.00. The molecule has 2 heterocycles. The zero-order valence-electron chi connectivity index (χ0n) is 5.64. The van der Waals surface area contributed by atoms with Crippen molar-refractivity contribution in [2.24, 2.45) is 0 Å². The molecule has 4 nitrogen and oxygen atoms in total. The predicted molar refractivity (Wildman–Crippen MR) is 47.2 cm³/mol. The Morgan fingerprint density at radius 1 is 0.800 bits per heavy atom. The van der Waals surface area contributed by atoms with Crippen molar-refractivity contribution in [2.75, 3.05) is 24.6 Å². The van der Waals surface area contributed by atoms with Gasteiger partial charge < -0.3 is 0 Å². The summed E-state index contributed by atoms with van der Waals surface area (Å²) in [6.45, 7) is 2.20.